The Hall–Kier alpha value is -1.77. The highest BCUT2D eigenvalue weighted by atomic mass is 16.5. The molecule has 1 aromatic rings. The third kappa shape index (κ3) is 3.12. The second kappa shape index (κ2) is 5.95. The van der Waals surface area contributed by atoms with E-state index in [0.29, 0.717) is 18.1 Å². The highest BCUT2D eigenvalue weighted by Gasteiger charge is 2.07. The molecule has 0 aliphatic heterocycles. The van der Waals surface area contributed by atoms with Crippen molar-refractivity contribution in [3.63, 3.8) is 0 Å². The Morgan fingerprint density at radius 3 is 2.75 bits per heavy atom. The zero-order valence-corrected chi connectivity index (χ0v) is 9.82. The van der Waals surface area contributed by atoms with E-state index in [1.54, 1.807) is 13.2 Å². The molecule has 16 heavy (non-hydrogen) atoms. The monoisotopic (exact) mass is 220 g/mol. The molecule has 0 aliphatic carbocycles. The van der Waals surface area contributed by atoms with Gasteiger partial charge in [-0.3, -0.25) is 4.79 Å². The quantitative estimate of drug-likeness (QED) is 0.716. The van der Waals surface area contributed by atoms with Crippen LogP contribution in [0.2, 0.25) is 0 Å². The highest BCUT2D eigenvalue weighted by Crippen LogP contribution is 2.31. The first-order valence-corrected chi connectivity index (χ1v) is 5.17. The zero-order valence-electron chi connectivity index (χ0n) is 9.82. The van der Waals surface area contributed by atoms with E-state index in [0.717, 1.165) is 5.56 Å². The van der Waals surface area contributed by atoms with Gasteiger partial charge in [-0.25, -0.2) is 0 Å². The summed E-state index contributed by atoms with van der Waals surface area (Å²) in [5.41, 5.74) is 0.837. The van der Waals surface area contributed by atoms with Crippen molar-refractivity contribution in [1.29, 1.82) is 0 Å². The van der Waals surface area contributed by atoms with Crippen LogP contribution in [0, 0.1) is 0 Å². The Balaban J connectivity index is 3.08. The molecule has 1 rings (SSSR count). The average Bonchev–Trinajstić information content (AvgIpc) is 2.27. The topological polar surface area (TPSA) is 35.5 Å². The normalized spacial score (nSPS) is 10.4. The standard InChI is InChI=1S/C13H16O3/c1-4-16-12-7-5-6-11(13(12)15-3)9-8-10(2)14/h5-9H,4H2,1-3H3/b9-8+. The van der Waals surface area contributed by atoms with Crippen LogP contribution in [-0.2, 0) is 4.79 Å². The molecule has 0 amide bonds. The van der Waals surface area contributed by atoms with Crippen LogP contribution in [-0.4, -0.2) is 19.5 Å². The first-order chi connectivity index (χ1) is 7.69. The number of carbonyl (C=O) groups excluding carboxylic acids is 1. The summed E-state index contributed by atoms with van der Waals surface area (Å²) in [5.74, 6) is 1.35. The van der Waals surface area contributed by atoms with Gasteiger partial charge >= 0.3 is 0 Å². The maximum atomic E-state index is 10.9. The van der Waals surface area contributed by atoms with Crippen molar-refractivity contribution >= 4 is 11.9 Å². The number of para-hydroxylation sites is 1. The van der Waals surface area contributed by atoms with E-state index in [2.05, 4.69) is 0 Å². The third-order valence-electron chi connectivity index (χ3n) is 2.01. The van der Waals surface area contributed by atoms with E-state index < -0.39 is 0 Å². The third-order valence-corrected chi connectivity index (χ3v) is 2.01. The Morgan fingerprint density at radius 1 is 1.44 bits per heavy atom. The SMILES string of the molecule is CCOc1cccc(/C=C/C(C)=O)c1OC. The van der Waals surface area contributed by atoms with Crippen LogP contribution in [0.25, 0.3) is 6.08 Å². The lowest BCUT2D eigenvalue weighted by Crippen LogP contribution is -1.96. The fourth-order valence-electron chi connectivity index (χ4n) is 1.36. The van der Waals surface area contributed by atoms with E-state index in [1.165, 1.54) is 13.0 Å². The molecular weight excluding hydrogens is 204 g/mol. The molecule has 1 aromatic carbocycles. The van der Waals surface area contributed by atoms with Crippen molar-refractivity contribution in [1.82, 2.24) is 0 Å². The molecular formula is C13H16O3. The Labute approximate surface area is 95.7 Å². The number of methoxy groups -OCH3 is 1. The van der Waals surface area contributed by atoms with E-state index in [1.807, 2.05) is 25.1 Å². The Morgan fingerprint density at radius 2 is 2.19 bits per heavy atom. The van der Waals surface area contributed by atoms with E-state index >= 15 is 0 Å². The molecule has 0 radical (unpaired) electrons. The highest BCUT2D eigenvalue weighted by molar-refractivity contribution is 5.92. The summed E-state index contributed by atoms with van der Waals surface area (Å²) in [5, 5.41) is 0. The van der Waals surface area contributed by atoms with E-state index in [4.69, 9.17) is 9.47 Å². The number of hydrogen-bond acceptors (Lipinski definition) is 3. The summed E-state index contributed by atoms with van der Waals surface area (Å²) >= 11 is 0. The van der Waals surface area contributed by atoms with Gasteiger partial charge in [0.25, 0.3) is 0 Å². The molecule has 0 bridgehead atoms. The molecule has 0 atom stereocenters. The van der Waals surface area contributed by atoms with Crippen molar-refractivity contribution < 1.29 is 14.3 Å². The Kier molecular flexibility index (Phi) is 4.58. The lowest BCUT2D eigenvalue weighted by atomic mass is 10.1. The first kappa shape index (κ1) is 12.3. The minimum atomic E-state index is 0.00358. The largest absolute Gasteiger partial charge is 0.492 e. The van der Waals surface area contributed by atoms with Gasteiger partial charge in [-0.15, -0.1) is 0 Å². The molecule has 0 saturated heterocycles. The summed E-state index contributed by atoms with van der Waals surface area (Å²) in [6.07, 6.45) is 3.23. The van der Waals surface area contributed by atoms with E-state index in [-0.39, 0.29) is 5.78 Å². The predicted octanol–water partition coefficient (Wildman–Crippen LogP) is 2.70. The molecule has 0 saturated carbocycles. The van der Waals surface area contributed by atoms with Crippen molar-refractivity contribution in [2.24, 2.45) is 0 Å². The number of ketones is 1. The van der Waals surface area contributed by atoms with Gasteiger partial charge in [-0.05, 0) is 32.1 Å². The minimum absolute atomic E-state index is 0.00358. The van der Waals surface area contributed by atoms with Gasteiger partial charge in [0.2, 0.25) is 0 Å². The van der Waals surface area contributed by atoms with Gasteiger partial charge < -0.3 is 9.47 Å². The van der Waals surface area contributed by atoms with Crippen molar-refractivity contribution in [3.05, 3.63) is 29.8 Å². The lowest BCUT2D eigenvalue weighted by Gasteiger charge is -2.11. The lowest BCUT2D eigenvalue weighted by molar-refractivity contribution is -0.112. The molecule has 3 heteroatoms. The number of allylic oxidation sites excluding steroid dienone is 1. The number of benzene rings is 1. The number of hydrogen-bond donors (Lipinski definition) is 0. The molecule has 86 valence electrons. The average molecular weight is 220 g/mol. The summed E-state index contributed by atoms with van der Waals surface area (Å²) in [7, 11) is 1.59. The van der Waals surface area contributed by atoms with Crippen molar-refractivity contribution in [2.75, 3.05) is 13.7 Å². The smallest absolute Gasteiger partial charge is 0.167 e. The molecule has 3 nitrogen and oxygen atoms in total. The van der Waals surface area contributed by atoms with Crippen molar-refractivity contribution in [3.8, 4) is 11.5 Å². The van der Waals surface area contributed by atoms with E-state index in [9.17, 15) is 4.79 Å². The number of ether oxygens (including phenoxy) is 2. The summed E-state index contributed by atoms with van der Waals surface area (Å²) < 4.78 is 10.7. The second-order valence-corrected chi connectivity index (χ2v) is 3.26. The molecule has 0 spiro atoms. The van der Waals surface area contributed by atoms with Crippen molar-refractivity contribution in [2.45, 2.75) is 13.8 Å². The summed E-state index contributed by atoms with van der Waals surface area (Å²) in [6.45, 7) is 4.00. The van der Waals surface area contributed by atoms with Crippen LogP contribution in [0.15, 0.2) is 24.3 Å². The predicted molar refractivity (Wildman–Crippen MR) is 63.9 cm³/mol. The summed E-state index contributed by atoms with van der Waals surface area (Å²) in [4.78, 5) is 10.9. The van der Waals surface area contributed by atoms with Crippen LogP contribution in [0.1, 0.15) is 19.4 Å². The van der Waals surface area contributed by atoms with Gasteiger partial charge in [-0.1, -0.05) is 12.1 Å². The molecule has 0 unspecified atom stereocenters. The van der Waals surface area contributed by atoms with Crippen LogP contribution in [0.4, 0.5) is 0 Å². The Bertz CT molecular complexity index is 394. The molecule has 0 heterocycles. The number of rotatable bonds is 5. The molecule has 0 aromatic heterocycles. The first-order valence-electron chi connectivity index (χ1n) is 5.17. The fraction of sp³-hybridized carbons (Fsp3) is 0.308. The molecule has 0 aliphatic rings. The van der Waals surface area contributed by atoms with Crippen LogP contribution < -0.4 is 9.47 Å². The second-order valence-electron chi connectivity index (χ2n) is 3.26. The van der Waals surface area contributed by atoms with Crippen LogP contribution in [0.5, 0.6) is 11.5 Å². The van der Waals surface area contributed by atoms with Gasteiger partial charge in [0.15, 0.2) is 17.3 Å². The van der Waals surface area contributed by atoms with Gasteiger partial charge in [0, 0.05) is 5.56 Å². The van der Waals surface area contributed by atoms with Crippen LogP contribution in [0.3, 0.4) is 0 Å². The van der Waals surface area contributed by atoms with Gasteiger partial charge in [0.1, 0.15) is 0 Å². The molecule has 0 N–H and O–H groups in total. The molecule has 0 fully saturated rings. The van der Waals surface area contributed by atoms with Gasteiger partial charge in [-0.2, -0.15) is 0 Å². The minimum Gasteiger partial charge on any atom is -0.492 e. The van der Waals surface area contributed by atoms with Gasteiger partial charge in [0.05, 0.1) is 13.7 Å². The zero-order chi connectivity index (χ0) is 12.0. The van der Waals surface area contributed by atoms with Crippen LogP contribution >= 0.6 is 0 Å². The number of carbonyl (C=O) groups is 1. The summed E-state index contributed by atoms with van der Waals surface area (Å²) in [6, 6.07) is 5.58. The maximum absolute atomic E-state index is 10.9. The fourth-order valence-corrected chi connectivity index (χ4v) is 1.36. The maximum Gasteiger partial charge on any atom is 0.167 e.